The molecule has 138 valence electrons. The molecule has 1 unspecified atom stereocenters. The number of amides is 2. The van der Waals surface area contributed by atoms with Crippen molar-refractivity contribution in [1.82, 2.24) is 10.2 Å². The molecule has 5 nitrogen and oxygen atoms in total. The van der Waals surface area contributed by atoms with Crippen LogP contribution >= 0.6 is 0 Å². The van der Waals surface area contributed by atoms with E-state index >= 15 is 0 Å². The number of nitrogens with zero attached hydrogens (tertiary/aromatic N) is 1. The Bertz CT molecular complexity index is 614. The third kappa shape index (κ3) is 4.74. The monoisotopic (exact) mass is 346 g/mol. The number of carbonyl (C=O) groups excluding carboxylic acids is 2. The minimum atomic E-state index is -0.368. The van der Waals surface area contributed by atoms with Crippen LogP contribution in [0.2, 0.25) is 0 Å². The van der Waals surface area contributed by atoms with Gasteiger partial charge >= 0.3 is 0 Å². The molecule has 0 radical (unpaired) electrons. The molecule has 1 atom stereocenters. The van der Waals surface area contributed by atoms with Crippen LogP contribution in [0.25, 0.3) is 0 Å². The van der Waals surface area contributed by atoms with E-state index in [1.165, 1.54) is 0 Å². The van der Waals surface area contributed by atoms with E-state index in [0.29, 0.717) is 25.9 Å². The molecule has 1 aromatic rings. The van der Waals surface area contributed by atoms with Crippen LogP contribution in [0.5, 0.6) is 5.75 Å². The maximum atomic E-state index is 12.6. The Morgan fingerprint density at radius 3 is 2.36 bits per heavy atom. The summed E-state index contributed by atoms with van der Waals surface area (Å²) < 4.78 is 5.37. The predicted octanol–water partition coefficient (Wildman–Crippen LogP) is 3.16. The maximum Gasteiger partial charge on any atom is 0.227 e. The molecule has 1 heterocycles. The van der Waals surface area contributed by atoms with E-state index in [0.717, 1.165) is 11.3 Å². The highest BCUT2D eigenvalue weighted by Gasteiger charge is 2.32. The summed E-state index contributed by atoms with van der Waals surface area (Å²) in [5, 5.41) is 3.09. The number of hydrogen-bond donors (Lipinski definition) is 1. The van der Waals surface area contributed by atoms with Crippen LogP contribution in [0, 0.1) is 11.3 Å². The highest BCUT2D eigenvalue weighted by Crippen LogP contribution is 2.27. The molecule has 1 aromatic carbocycles. The van der Waals surface area contributed by atoms with Crippen LogP contribution in [0.1, 0.15) is 52.1 Å². The van der Waals surface area contributed by atoms with Crippen molar-refractivity contribution in [3.8, 4) is 5.75 Å². The lowest BCUT2D eigenvalue weighted by Gasteiger charge is -2.35. The summed E-state index contributed by atoms with van der Waals surface area (Å²) in [5.74, 6) is 0.956. The number of piperidine rings is 1. The molecular formula is C20H30N2O3. The Kier molecular flexibility index (Phi) is 6.09. The van der Waals surface area contributed by atoms with Gasteiger partial charge in [-0.2, -0.15) is 0 Å². The van der Waals surface area contributed by atoms with Gasteiger partial charge in [-0.1, -0.05) is 39.0 Å². The van der Waals surface area contributed by atoms with Gasteiger partial charge in [0.15, 0.2) is 0 Å². The number of benzene rings is 1. The Morgan fingerprint density at radius 1 is 1.20 bits per heavy atom. The zero-order valence-corrected chi connectivity index (χ0v) is 16.0. The topological polar surface area (TPSA) is 58.6 Å². The summed E-state index contributed by atoms with van der Waals surface area (Å²) in [6, 6.07) is 7.61. The largest absolute Gasteiger partial charge is 0.496 e. The molecule has 2 amide bonds. The van der Waals surface area contributed by atoms with Gasteiger partial charge in [-0.15, -0.1) is 0 Å². The van der Waals surface area contributed by atoms with Crippen molar-refractivity contribution in [3.63, 3.8) is 0 Å². The summed E-state index contributed by atoms with van der Waals surface area (Å²) in [6.45, 7) is 9.07. The summed E-state index contributed by atoms with van der Waals surface area (Å²) >= 11 is 0. The van der Waals surface area contributed by atoms with Crippen LogP contribution in [0.4, 0.5) is 0 Å². The van der Waals surface area contributed by atoms with Gasteiger partial charge in [0.05, 0.1) is 13.2 Å². The highest BCUT2D eigenvalue weighted by molar-refractivity contribution is 5.83. The molecule has 0 saturated carbocycles. The third-order valence-electron chi connectivity index (χ3n) is 4.76. The van der Waals surface area contributed by atoms with E-state index in [-0.39, 0.29) is 29.2 Å². The minimum Gasteiger partial charge on any atom is -0.496 e. The van der Waals surface area contributed by atoms with Gasteiger partial charge in [-0.25, -0.2) is 0 Å². The van der Waals surface area contributed by atoms with Gasteiger partial charge in [0.2, 0.25) is 11.8 Å². The summed E-state index contributed by atoms with van der Waals surface area (Å²) in [4.78, 5) is 26.8. The fraction of sp³-hybridized carbons (Fsp3) is 0.600. The molecule has 0 aromatic heterocycles. The van der Waals surface area contributed by atoms with Crippen LogP contribution in [0.3, 0.4) is 0 Å². The fourth-order valence-electron chi connectivity index (χ4n) is 3.25. The predicted molar refractivity (Wildman–Crippen MR) is 98.3 cm³/mol. The molecule has 0 spiro atoms. The molecular weight excluding hydrogens is 316 g/mol. The number of nitrogens with one attached hydrogen (secondary N) is 1. The molecule has 1 N–H and O–H groups in total. The molecule has 0 aliphatic carbocycles. The Hall–Kier alpha value is -2.04. The minimum absolute atomic E-state index is 0.0406. The second-order valence-corrected chi connectivity index (χ2v) is 7.79. The molecule has 1 fully saturated rings. The number of likely N-dealkylation sites (tertiary alicyclic amines) is 1. The van der Waals surface area contributed by atoms with Gasteiger partial charge < -0.3 is 15.0 Å². The number of rotatable bonds is 4. The first-order valence-electron chi connectivity index (χ1n) is 8.96. The van der Waals surface area contributed by atoms with Crippen molar-refractivity contribution in [3.05, 3.63) is 29.8 Å². The van der Waals surface area contributed by atoms with E-state index in [4.69, 9.17) is 4.74 Å². The second kappa shape index (κ2) is 7.89. The lowest BCUT2D eigenvalue weighted by atomic mass is 9.90. The van der Waals surface area contributed by atoms with Crippen LogP contribution in [-0.4, -0.2) is 36.9 Å². The molecule has 0 bridgehead atoms. The zero-order valence-electron chi connectivity index (χ0n) is 16.0. The normalized spacial score (nSPS) is 17.1. The Balaban J connectivity index is 1.91. The van der Waals surface area contributed by atoms with Gasteiger partial charge in [0, 0.05) is 30.0 Å². The van der Waals surface area contributed by atoms with Crippen molar-refractivity contribution < 1.29 is 14.3 Å². The molecule has 1 aliphatic heterocycles. The number of hydrogen-bond acceptors (Lipinski definition) is 3. The SMILES string of the molecule is COc1ccccc1C(C)NC(=O)C1CCN(C(=O)C(C)(C)C)CC1. The van der Waals surface area contributed by atoms with Gasteiger partial charge in [0.25, 0.3) is 0 Å². The lowest BCUT2D eigenvalue weighted by molar-refractivity contribution is -0.142. The van der Waals surface area contributed by atoms with E-state index in [1.54, 1.807) is 7.11 Å². The summed E-state index contributed by atoms with van der Waals surface area (Å²) in [7, 11) is 1.63. The Morgan fingerprint density at radius 2 is 1.80 bits per heavy atom. The van der Waals surface area contributed by atoms with Crippen molar-refractivity contribution in [2.24, 2.45) is 11.3 Å². The van der Waals surface area contributed by atoms with Crippen molar-refractivity contribution in [2.45, 2.75) is 46.6 Å². The fourth-order valence-corrected chi connectivity index (χ4v) is 3.25. The average molecular weight is 346 g/mol. The third-order valence-corrected chi connectivity index (χ3v) is 4.76. The summed E-state index contributed by atoms with van der Waals surface area (Å²) in [5.41, 5.74) is 0.603. The number of carbonyl (C=O) groups is 2. The standard InChI is InChI=1S/C20H30N2O3/c1-14(16-8-6-7-9-17(16)25-5)21-18(23)15-10-12-22(13-11-15)19(24)20(2,3)4/h6-9,14-15H,10-13H2,1-5H3,(H,21,23). The van der Waals surface area contributed by atoms with Gasteiger partial charge in [-0.3, -0.25) is 9.59 Å². The van der Waals surface area contributed by atoms with Crippen molar-refractivity contribution >= 4 is 11.8 Å². The highest BCUT2D eigenvalue weighted by atomic mass is 16.5. The number of ether oxygens (including phenoxy) is 1. The number of methoxy groups -OCH3 is 1. The van der Waals surface area contributed by atoms with E-state index in [9.17, 15) is 9.59 Å². The molecule has 1 aliphatic rings. The van der Waals surface area contributed by atoms with Crippen LogP contribution < -0.4 is 10.1 Å². The lowest BCUT2D eigenvalue weighted by Crippen LogP contribution is -2.46. The quantitative estimate of drug-likeness (QED) is 0.911. The van der Waals surface area contributed by atoms with E-state index < -0.39 is 0 Å². The molecule has 5 heteroatoms. The van der Waals surface area contributed by atoms with Crippen molar-refractivity contribution in [2.75, 3.05) is 20.2 Å². The average Bonchev–Trinajstić information content (AvgIpc) is 2.60. The van der Waals surface area contributed by atoms with Crippen LogP contribution in [0.15, 0.2) is 24.3 Å². The first-order valence-corrected chi connectivity index (χ1v) is 8.96. The van der Waals surface area contributed by atoms with Crippen molar-refractivity contribution in [1.29, 1.82) is 0 Å². The Labute approximate surface area is 150 Å². The summed E-state index contributed by atoms with van der Waals surface area (Å²) in [6.07, 6.45) is 1.43. The van der Waals surface area contributed by atoms with Gasteiger partial charge in [0.1, 0.15) is 5.75 Å². The van der Waals surface area contributed by atoms with E-state index in [1.807, 2.05) is 56.9 Å². The maximum absolute atomic E-state index is 12.6. The van der Waals surface area contributed by atoms with Crippen LogP contribution in [-0.2, 0) is 9.59 Å². The molecule has 2 rings (SSSR count). The zero-order chi connectivity index (χ0) is 18.6. The molecule has 25 heavy (non-hydrogen) atoms. The van der Waals surface area contributed by atoms with E-state index in [2.05, 4.69) is 5.32 Å². The smallest absolute Gasteiger partial charge is 0.227 e. The second-order valence-electron chi connectivity index (χ2n) is 7.79. The first-order chi connectivity index (χ1) is 11.7. The number of para-hydroxylation sites is 1. The first kappa shape index (κ1) is 19.3. The van der Waals surface area contributed by atoms with Gasteiger partial charge in [-0.05, 0) is 25.8 Å². The molecule has 1 saturated heterocycles.